The molecule has 27 heavy (non-hydrogen) atoms. The Morgan fingerprint density at radius 1 is 1.07 bits per heavy atom. The van der Waals surface area contributed by atoms with E-state index in [1.807, 2.05) is 6.07 Å². The maximum atomic E-state index is 12.8. The van der Waals surface area contributed by atoms with Gasteiger partial charge in [-0.05, 0) is 106 Å². The first-order valence-electron chi connectivity index (χ1n) is 7.76. The molecule has 0 amide bonds. The van der Waals surface area contributed by atoms with Gasteiger partial charge in [-0.1, -0.05) is 0 Å². The van der Waals surface area contributed by atoms with Crippen LogP contribution in [0.5, 0.6) is 0 Å². The lowest BCUT2D eigenvalue weighted by Crippen LogP contribution is -2.34. The van der Waals surface area contributed by atoms with Gasteiger partial charge in [0.25, 0.3) is 0 Å². The van der Waals surface area contributed by atoms with Crippen LogP contribution in [0.1, 0.15) is 36.0 Å². The molecule has 1 atom stereocenters. The normalized spacial score (nSPS) is 21.4. The molecule has 0 N–H and O–H groups in total. The molecule has 1 unspecified atom stereocenters. The van der Waals surface area contributed by atoms with E-state index in [4.69, 9.17) is 4.74 Å². The van der Waals surface area contributed by atoms with Gasteiger partial charge in [0.2, 0.25) is 0 Å². The molecule has 0 aromatic heterocycles. The molecule has 0 saturated heterocycles. The molecule has 1 aliphatic rings. The summed E-state index contributed by atoms with van der Waals surface area (Å²) in [5.74, 6) is -2.53. The van der Waals surface area contributed by atoms with E-state index in [1.165, 1.54) is 0 Å². The molecular weight excluding hydrogens is 713 g/mol. The lowest BCUT2D eigenvalue weighted by atomic mass is 9.87. The molecule has 0 spiro atoms. The van der Waals surface area contributed by atoms with E-state index in [9.17, 15) is 27.2 Å². The van der Waals surface area contributed by atoms with Crippen LogP contribution in [0.15, 0.2) is 12.1 Å². The third-order valence-corrected chi connectivity index (χ3v) is 7.64. The van der Waals surface area contributed by atoms with Crippen molar-refractivity contribution in [1.29, 1.82) is 0 Å². The molecule has 1 fully saturated rings. The molecule has 0 heterocycles. The van der Waals surface area contributed by atoms with Crippen LogP contribution >= 0.6 is 67.8 Å². The predicted molar refractivity (Wildman–Crippen MR) is 113 cm³/mol. The molecular formula is C16H13F4I3O4. The van der Waals surface area contributed by atoms with Gasteiger partial charge in [0, 0.05) is 10.7 Å². The Kier molecular flexibility index (Phi) is 8.40. The molecule has 1 aromatic carbocycles. The van der Waals surface area contributed by atoms with Crippen LogP contribution in [0.4, 0.5) is 17.6 Å². The number of ether oxygens (including phenoxy) is 2. The van der Waals surface area contributed by atoms with Crippen LogP contribution in [0.3, 0.4) is 0 Å². The van der Waals surface area contributed by atoms with E-state index in [0.29, 0.717) is 18.4 Å². The number of esters is 2. The Bertz CT molecular complexity index is 718. The van der Waals surface area contributed by atoms with E-state index in [2.05, 4.69) is 72.5 Å². The predicted octanol–water partition coefficient (Wildman–Crippen LogP) is 5.62. The summed E-state index contributed by atoms with van der Waals surface area (Å²) in [4.78, 5) is 24.1. The summed E-state index contributed by atoms with van der Waals surface area (Å²) in [6.45, 7) is 0. The van der Waals surface area contributed by atoms with Gasteiger partial charge in [-0.3, -0.25) is 4.79 Å². The highest BCUT2D eigenvalue weighted by Crippen LogP contribution is 2.31. The molecule has 0 bridgehead atoms. The fraction of sp³-hybridized carbons (Fsp3) is 0.500. The van der Waals surface area contributed by atoms with Crippen molar-refractivity contribution in [2.45, 2.75) is 44.3 Å². The molecule has 150 valence electrons. The number of halogens is 7. The second-order valence-corrected chi connectivity index (χ2v) is 9.41. The van der Waals surface area contributed by atoms with Crippen LogP contribution in [0.2, 0.25) is 0 Å². The summed E-state index contributed by atoms with van der Waals surface area (Å²) >= 11 is 6.28. The first-order chi connectivity index (χ1) is 12.5. The van der Waals surface area contributed by atoms with Gasteiger partial charge in [-0.2, -0.15) is 17.6 Å². The lowest BCUT2D eigenvalue weighted by Gasteiger charge is -2.27. The first-order valence-corrected chi connectivity index (χ1v) is 11.0. The third kappa shape index (κ3) is 6.54. The molecule has 1 aromatic rings. The third-order valence-electron chi connectivity index (χ3n) is 3.97. The zero-order valence-electron chi connectivity index (χ0n) is 13.5. The van der Waals surface area contributed by atoms with Gasteiger partial charge in [-0.25, -0.2) is 4.79 Å². The number of hydrogen-bond donors (Lipinski definition) is 0. The zero-order valence-corrected chi connectivity index (χ0v) is 20.0. The van der Waals surface area contributed by atoms with Crippen molar-refractivity contribution in [3.63, 3.8) is 0 Å². The van der Waals surface area contributed by atoms with Crippen LogP contribution in [0.25, 0.3) is 0 Å². The zero-order chi connectivity index (χ0) is 20.4. The molecule has 1 saturated carbocycles. The highest BCUT2D eigenvalue weighted by Gasteiger charge is 2.44. The second-order valence-electron chi connectivity index (χ2n) is 5.92. The number of benzene rings is 1. The Balaban J connectivity index is 1.89. The smallest absolute Gasteiger partial charge is 0.457 e. The number of carbonyl (C=O) groups is 2. The standard InChI is InChI=1S/C16H13F4I3O4/c17-15(16(18,19)20)27-13(24)7-1-3-9(4-2-7)26-14(25)10-5-8(21)6-11(22)12(10)23/h5-7,9,15H,1-4H2. The van der Waals surface area contributed by atoms with Crippen molar-refractivity contribution in [2.24, 2.45) is 5.92 Å². The summed E-state index contributed by atoms with van der Waals surface area (Å²) in [5.41, 5.74) is 0.443. The minimum atomic E-state index is -5.23. The summed E-state index contributed by atoms with van der Waals surface area (Å²) in [6.07, 6.45) is -8.37. The van der Waals surface area contributed by atoms with Crippen LogP contribution in [-0.2, 0) is 14.3 Å². The second kappa shape index (κ2) is 9.71. The first kappa shape index (κ1) is 23.3. The van der Waals surface area contributed by atoms with Gasteiger partial charge in [0.05, 0.1) is 11.5 Å². The number of rotatable bonds is 4. The van der Waals surface area contributed by atoms with Crippen molar-refractivity contribution in [2.75, 3.05) is 0 Å². The Labute approximate surface area is 193 Å². The minimum Gasteiger partial charge on any atom is -0.459 e. The highest BCUT2D eigenvalue weighted by molar-refractivity contribution is 14.1. The Morgan fingerprint density at radius 2 is 1.67 bits per heavy atom. The van der Waals surface area contributed by atoms with Gasteiger partial charge in [0.15, 0.2) is 0 Å². The fourth-order valence-electron chi connectivity index (χ4n) is 2.60. The van der Waals surface area contributed by atoms with E-state index in [-0.39, 0.29) is 12.8 Å². The Hall–Kier alpha value is 0.0700. The van der Waals surface area contributed by atoms with Crippen molar-refractivity contribution in [1.82, 2.24) is 0 Å². The van der Waals surface area contributed by atoms with Crippen molar-refractivity contribution < 1.29 is 36.6 Å². The Morgan fingerprint density at radius 3 is 2.22 bits per heavy atom. The highest BCUT2D eigenvalue weighted by atomic mass is 127. The molecule has 0 aliphatic heterocycles. The van der Waals surface area contributed by atoms with Gasteiger partial charge in [-0.15, -0.1) is 0 Å². The summed E-state index contributed by atoms with van der Waals surface area (Å²) in [6, 6.07) is 3.64. The van der Waals surface area contributed by atoms with Crippen LogP contribution in [0, 0.1) is 16.6 Å². The largest absolute Gasteiger partial charge is 0.459 e. The molecule has 4 nitrogen and oxygen atoms in total. The van der Waals surface area contributed by atoms with E-state index in [1.54, 1.807) is 6.07 Å². The van der Waals surface area contributed by atoms with E-state index in [0.717, 1.165) is 10.7 Å². The number of hydrogen-bond acceptors (Lipinski definition) is 4. The van der Waals surface area contributed by atoms with Crippen LogP contribution < -0.4 is 0 Å². The fourth-order valence-corrected chi connectivity index (χ4v) is 4.98. The van der Waals surface area contributed by atoms with Gasteiger partial charge < -0.3 is 9.47 Å². The SMILES string of the molecule is O=C(OC1CCC(C(=O)OC(F)C(F)(F)F)CC1)c1cc(I)cc(I)c1I. The topological polar surface area (TPSA) is 52.6 Å². The number of alkyl halides is 4. The average molecular weight is 726 g/mol. The average Bonchev–Trinajstić information content (AvgIpc) is 2.57. The van der Waals surface area contributed by atoms with E-state index >= 15 is 0 Å². The molecule has 2 rings (SSSR count). The van der Waals surface area contributed by atoms with Crippen molar-refractivity contribution in [3.8, 4) is 0 Å². The monoisotopic (exact) mass is 726 g/mol. The summed E-state index contributed by atoms with van der Waals surface area (Å²) < 4.78 is 61.1. The van der Waals surface area contributed by atoms with Crippen molar-refractivity contribution >= 4 is 79.7 Å². The maximum absolute atomic E-state index is 12.8. The maximum Gasteiger partial charge on any atom is 0.457 e. The summed E-state index contributed by atoms with van der Waals surface area (Å²) in [5, 5.41) is 0. The van der Waals surface area contributed by atoms with Crippen LogP contribution in [-0.4, -0.2) is 30.6 Å². The lowest BCUT2D eigenvalue weighted by molar-refractivity contribution is -0.260. The molecule has 0 radical (unpaired) electrons. The van der Waals surface area contributed by atoms with E-state index < -0.39 is 36.5 Å². The number of carbonyl (C=O) groups excluding carboxylic acids is 2. The molecule has 1 aliphatic carbocycles. The molecule has 11 heteroatoms. The minimum absolute atomic E-state index is 0.169. The summed E-state index contributed by atoms with van der Waals surface area (Å²) in [7, 11) is 0. The quantitative estimate of drug-likeness (QED) is 0.175. The van der Waals surface area contributed by atoms with Gasteiger partial charge in [0.1, 0.15) is 6.10 Å². The van der Waals surface area contributed by atoms with Crippen molar-refractivity contribution in [3.05, 3.63) is 28.4 Å². The van der Waals surface area contributed by atoms with Gasteiger partial charge >= 0.3 is 24.5 Å².